The molecule has 0 unspecified atom stereocenters. The van der Waals surface area contributed by atoms with Gasteiger partial charge < -0.3 is 15.5 Å². The van der Waals surface area contributed by atoms with Crippen molar-refractivity contribution < 1.29 is 17.9 Å². The van der Waals surface area contributed by atoms with Crippen LogP contribution in [0, 0.1) is 0 Å². The summed E-state index contributed by atoms with van der Waals surface area (Å²) < 4.78 is 44.0. The molecule has 3 N–H and O–H groups in total. The van der Waals surface area contributed by atoms with Crippen LogP contribution in [0.25, 0.3) is 11.2 Å². The maximum Gasteiger partial charge on any atom is 0.418 e. The number of benzene rings is 1. The van der Waals surface area contributed by atoms with E-state index in [-0.39, 0.29) is 35.1 Å². The summed E-state index contributed by atoms with van der Waals surface area (Å²) in [5.41, 5.74) is 3.89. The number of anilines is 1. The number of aromatic nitrogens is 3. The maximum atomic E-state index is 12.9. The van der Waals surface area contributed by atoms with Gasteiger partial charge in [-0.1, -0.05) is 0 Å². The highest BCUT2D eigenvalue weighted by atomic mass is 35.5. The predicted octanol–water partition coefficient (Wildman–Crippen LogP) is 3.13. The number of fused-ring (bicyclic) bond motifs is 1. The van der Waals surface area contributed by atoms with Gasteiger partial charge in [0.1, 0.15) is 11.3 Å². The molecule has 0 aliphatic carbocycles. The van der Waals surface area contributed by atoms with Gasteiger partial charge in [0.05, 0.1) is 11.8 Å². The summed E-state index contributed by atoms with van der Waals surface area (Å²) >= 11 is 0. The van der Waals surface area contributed by atoms with E-state index in [4.69, 9.17) is 10.5 Å². The summed E-state index contributed by atoms with van der Waals surface area (Å²) in [6, 6.07) is 4.64. The van der Waals surface area contributed by atoms with Crippen molar-refractivity contribution in [3.05, 3.63) is 52.6 Å². The number of nitrogens with zero attached hydrogens (tertiary/aromatic N) is 2. The lowest BCUT2D eigenvalue weighted by Gasteiger charge is -2.13. The number of nitrogens with two attached hydrogens (primary N) is 1. The Morgan fingerprint density at radius 3 is 2.62 bits per heavy atom. The molecule has 1 aromatic carbocycles. The number of halogens is 4. The highest BCUT2D eigenvalue weighted by Crippen LogP contribution is 2.37. The Balaban J connectivity index is 0.00000208. The Kier molecular flexibility index (Phi) is 4.65. The Hall–Kier alpha value is -2.81. The molecule has 24 heavy (non-hydrogen) atoms. The van der Waals surface area contributed by atoms with E-state index in [1.54, 1.807) is 0 Å². The van der Waals surface area contributed by atoms with Crippen LogP contribution in [0.5, 0.6) is 11.5 Å². The number of rotatable bonds is 2. The van der Waals surface area contributed by atoms with Crippen LogP contribution >= 0.6 is 12.4 Å². The summed E-state index contributed by atoms with van der Waals surface area (Å²) in [5, 5.41) is 0. The molecule has 0 atom stereocenters. The van der Waals surface area contributed by atoms with Crippen LogP contribution in [0.15, 0.2) is 41.5 Å². The number of H-pyrrole nitrogens is 1. The molecule has 0 saturated heterocycles. The van der Waals surface area contributed by atoms with E-state index in [1.165, 1.54) is 18.3 Å². The third-order valence-corrected chi connectivity index (χ3v) is 3.00. The topological polar surface area (TPSA) is 93.9 Å². The molecular formula is C14H10ClF3N4O2. The van der Waals surface area contributed by atoms with E-state index in [1.807, 2.05) is 0 Å². The van der Waals surface area contributed by atoms with Crippen LogP contribution in [0.4, 0.5) is 18.9 Å². The molecule has 0 fully saturated rings. The highest BCUT2D eigenvalue weighted by molar-refractivity contribution is 5.85. The minimum atomic E-state index is -4.59. The van der Waals surface area contributed by atoms with E-state index >= 15 is 0 Å². The first-order valence-corrected chi connectivity index (χ1v) is 6.33. The number of nitrogen functional groups attached to an aromatic ring is 1. The third-order valence-electron chi connectivity index (χ3n) is 3.00. The third kappa shape index (κ3) is 3.40. The Morgan fingerprint density at radius 1 is 1.17 bits per heavy atom. The second kappa shape index (κ2) is 6.36. The fraction of sp³-hybridized carbons (Fsp3) is 0.0714. The van der Waals surface area contributed by atoms with Crippen molar-refractivity contribution in [3.8, 4) is 11.5 Å². The summed E-state index contributed by atoms with van der Waals surface area (Å²) in [5.74, 6) is 0.0937. The second-order valence-electron chi connectivity index (χ2n) is 4.60. The summed E-state index contributed by atoms with van der Waals surface area (Å²) in [7, 11) is 0. The molecule has 3 aromatic rings. The molecule has 3 rings (SSSR count). The van der Waals surface area contributed by atoms with Gasteiger partial charge in [-0.3, -0.25) is 4.79 Å². The van der Waals surface area contributed by atoms with E-state index in [2.05, 4.69) is 15.0 Å². The summed E-state index contributed by atoms with van der Waals surface area (Å²) in [6.45, 7) is 0. The monoisotopic (exact) mass is 358 g/mol. The van der Waals surface area contributed by atoms with Gasteiger partial charge in [0.15, 0.2) is 11.4 Å². The van der Waals surface area contributed by atoms with Crippen molar-refractivity contribution in [1.82, 2.24) is 15.0 Å². The Labute approximate surface area is 138 Å². The van der Waals surface area contributed by atoms with Crippen molar-refractivity contribution in [2.45, 2.75) is 6.18 Å². The smallest absolute Gasteiger partial charge is 0.418 e. The first kappa shape index (κ1) is 17.5. The van der Waals surface area contributed by atoms with Crippen LogP contribution in [-0.4, -0.2) is 15.0 Å². The molecule has 6 nitrogen and oxygen atoms in total. The van der Waals surface area contributed by atoms with E-state index in [9.17, 15) is 18.0 Å². The minimum Gasteiger partial charge on any atom is -0.455 e. The number of pyridine rings is 1. The van der Waals surface area contributed by atoms with Crippen LogP contribution in [0.2, 0.25) is 0 Å². The van der Waals surface area contributed by atoms with Crippen molar-refractivity contribution in [2.75, 3.05) is 5.73 Å². The molecule has 0 radical (unpaired) electrons. The van der Waals surface area contributed by atoms with Gasteiger partial charge in [-0.05, 0) is 18.2 Å². The number of aromatic amines is 1. The Bertz CT molecular complexity index is 943. The van der Waals surface area contributed by atoms with Gasteiger partial charge in [-0.15, -0.1) is 12.4 Å². The normalized spacial score (nSPS) is 11.1. The second-order valence-corrected chi connectivity index (χ2v) is 4.60. The molecule has 0 spiro atoms. The molecule has 2 aromatic heterocycles. The van der Waals surface area contributed by atoms with Gasteiger partial charge in [-0.25, -0.2) is 9.97 Å². The van der Waals surface area contributed by atoms with Gasteiger partial charge in [-0.2, -0.15) is 13.2 Å². The molecule has 10 heteroatoms. The van der Waals surface area contributed by atoms with Gasteiger partial charge in [0.25, 0.3) is 5.56 Å². The quantitative estimate of drug-likeness (QED) is 0.686. The lowest BCUT2D eigenvalue weighted by molar-refractivity contribution is -0.137. The van der Waals surface area contributed by atoms with Crippen molar-refractivity contribution in [2.24, 2.45) is 0 Å². The maximum absolute atomic E-state index is 12.9. The van der Waals surface area contributed by atoms with Crippen LogP contribution in [-0.2, 0) is 6.18 Å². The lowest BCUT2D eigenvalue weighted by atomic mass is 10.1. The van der Waals surface area contributed by atoms with E-state index < -0.39 is 23.0 Å². The number of nitrogens with one attached hydrogen (secondary N) is 1. The lowest BCUT2D eigenvalue weighted by Crippen LogP contribution is -2.09. The van der Waals surface area contributed by atoms with Crippen LogP contribution < -0.4 is 16.0 Å². The Morgan fingerprint density at radius 2 is 1.92 bits per heavy atom. The fourth-order valence-corrected chi connectivity index (χ4v) is 1.98. The zero-order valence-corrected chi connectivity index (χ0v) is 12.6. The zero-order valence-electron chi connectivity index (χ0n) is 11.8. The average molecular weight is 359 g/mol. The van der Waals surface area contributed by atoms with E-state index in [0.717, 1.165) is 18.3 Å². The van der Waals surface area contributed by atoms with E-state index in [0.29, 0.717) is 0 Å². The molecule has 0 aliphatic rings. The summed E-state index contributed by atoms with van der Waals surface area (Å²) in [6.07, 6.45) is -2.22. The van der Waals surface area contributed by atoms with Crippen LogP contribution in [0.1, 0.15) is 5.56 Å². The van der Waals surface area contributed by atoms with Gasteiger partial charge in [0, 0.05) is 18.0 Å². The molecular weight excluding hydrogens is 349 g/mol. The van der Waals surface area contributed by atoms with Gasteiger partial charge >= 0.3 is 6.18 Å². The van der Waals surface area contributed by atoms with Crippen LogP contribution in [0.3, 0.4) is 0 Å². The zero-order chi connectivity index (χ0) is 16.6. The summed E-state index contributed by atoms with van der Waals surface area (Å²) in [4.78, 5) is 21.5. The molecule has 0 aliphatic heterocycles. The molecule has 0 amide bonds. The first-order chi connectivity index (χ1) is 10.8. The van der Waals surface area contributed by atoms with Crippen molar-refractivity contribution >= 4 is 29.3 Å². The minimum absolute atomic E-state index is 0. The average Bonchev–Trinajstić information content (AvgIpc) is 2.48. The molecule has 0 bridgehead atoms. The number of ether oxygens (including phenoxy) is 1. The first-order valence-electron chi connectivity index (χ1n) is 6.33. The standard InChI is InChI=1S/C14H9F3N4O2.ClH/c15-14(16,17)8-5-7(1-2-9(8)18)23-10-3-4-19-13-12(10)20-6-11(22)21-13;/h1-6H,18H2,(H,19,21,22);1H. The molecule has 0 saturated carbocycles. The largest absolute Gasteiger partial charge is 0.455 e. The fourth-order valence-electron chi connectivity index (χ4n) is 1.98. The number of alkyl halides is 3. The highest BCUT2D eigenvalue weighted by Gasteiger charge is 2.33. The number of hydrogen-bond donors (Lipinski definition) is 2. The number of hydrogen-bond acceptors (Lipinski definition) is 5. The van der Waals surface area contributed by atoms with Crippen molar-refractivity contribution in [3.63, 3.8) is 0 Å². The SMILES string of the molecule is Cl.Nc1ccc(Oc2ccnc3[nH]c(=O)cnc23)cc1C(F)(F)F. The predicted molar refractivity (Wildman–Crippen MR) is 83.3 cm³/mol. The molecule has 2 heterocycles. The van der Waals surface area contributed by atoms with Crippen molar-refractivity contribution in [1.29, 1.82) is 0 Å². The molecule has 126 valence electrons. The van der Waals surface area contributed by atoms with Gasteiger partial charge in [0.2, 0.25) is 0 Å².